The summed E-state index contributed by atoms with van der Waals surface area (Å²) in [5.74, 6) is -1.34. The Hall–Kier alpha value is -1.35. The Bertz CT molecular complexity index is 693. The molecule has 1 saturated carbocycles. The maximum Gasteiger partial charge on any atom is 0.289 e. The zero-order valence-corrected chi connectivity index (χ0v) is 15.5. The molecule has 0 radical (unpaired) electrons. The van der Waals surface area contributed by atoms with Gasteiger partial charge in [-0.1, -0.05) is 48.9 Å². The first kappa shape index (κ1) is 18.4. The average molecular weight is 386 g/mol. The first-order valence-electron chi connectivity index (χ1n) is 8.19. The van der Waals surface area contributed by atoms with Gasteiger partial charge in [0.1, 0.15) is 5.75 Å². The van der Waals surface area contributed by atoms with Crippen LogP contribution in [0.15, 0.2) is 28.3 Å². The molecule has 0 saturated heterocycles. The number of thioether (sulfide) groups is 2. The summed E-state index contributed by atoms with van der Waals surface area (Å²) in [6, 6.07) is 5.70. The molecule has 5 nitrogen and oxygen atoms in total. The molecule has 1 aromatic carbocycles. The normalized spacial score (nSPS) is 15.7. The highest BCUT2D eigenvalue weighted by Crippen LogP contribution is 2.36. The van der Waals surface area contributed by atoms with E-state index in [9.17, 15) is 8.78 Å². The minimum atomic E-state index is -2.46. The lowest BCUT2D eigenvalue weighted by atomic mass is 9.96. The number of methoxy groups -OCH3 is 1. The van der Waals surface area contributed by atoms with Gasteiger partial charge in [-0.05, 0) is 41.0 Å². The molecule has 1 aromatic heterocycles. The van der Waals surface area contributed by atoms with E-state index < -0.39 is 5.76 Å². The fourth-order valence-electron chi connectivity index (χ4n) is 2.98. The van der Waals surface area contributed by atoms with Crippen molar-refractivity contribution in [3.8, 4) is 5.75 Å². The summed E-state index contributed by atoms with van der Waals surface area (Å²) in [5, 5.41) is 12.9. The molecule has 1 aliphatic carbocycles. The average Bonchev–Trinajstić information content (AvgIpc) is 3.09. The molecule has 1 heterocycles. The summed E-state index contributed by atoms with van der Waals surface area (Å²) >= 11 is 2.05. The highest BCUT2D eigenvalue weighted by molar-refractivity contribution is 7.99. The molecule has 25 heavy (non-hydrogen) atoms. The summed E-state index contributed by atoms with van der Waals surface area (Å²) in [6.45, 7) is 0. The van der Waals surface area contributed by atoms with Crippen molar-refractivity contribution in [3.05, 3.63) is 23.8 Å². The van der Waals surface area contributed by atoms with Gasteiger partial charge < -0.3 is 4.74 Å². The lowest BCUT2D eigenvalue weighted by Gasteiger charge is -2.22. The topological polar surface area (TPSA) is 52.8 Å². The fraction of sp³-hybridized carbons (Fsp3) is 0.562. The van der Waals surface area contributed by atoms with Crippen LogP contribution in [-0.4, -0.2) is 33.1 Å². The summed E-state index contributed by atoms with van der Waals surface area (Å²) in [7, 11) is 1.49. The predicted molar refractivity (Wildman–Crippen MR) is 94.4 cm³/mol. The van der Waals surface area contributed by atoms with E-state index >= 15 is 0 Å². The van der Waals surface area contributed by atoms with Crippen molar-refractivity contribution >= 4 is 23.5 Å². The number of nitrogens with zero attached hydrogens (tertiary/aromatic N) is 4. The smallest absolute Gasteiger partial charge is 0.289 e. The van der Waals surface area contributed by atoms with E-state index in [4.69, 9.17) is 4.74 Å². The molecule has 0 amide bonds. The molecule has 136 valence electrons. The predicted octanol–water partition coefficient (Wildman–Crippen LogP) is 4.79. The molecular formula is C16H20F2N4OS2. The van der Waals surface area contributed by atoms with Gasteiger partial charge in [-0.25, -0.2) is 4.68 Å². The number of aromatic nitrogens is 4. The zero-order chi connectivity index (χ0) is 17.6. The van der Waals surface area contributed by atoms with Crippen LogP contribution in [0.2, 0.25) is 0 Å². The quantitative estimate of drug-likeness (QED) is 0.638. The Morgan fingerprint density at radius 2 is 2.08 bits per heavy atom. The number of halogens is 2. The minimum absolute atomic E-state index is 0.380. The molecule has 0 atom stereocenters. The second-order valence-electron chi connectivity index (χ2n) is 5.85. The van der Waals surface area contributed by atoms with Crippen LogP contribution in [-0.2, 0) is 5.75 Å². The first-order chi connectivity index (χ1) is 12.2. The Kier molecular flexibility index (Phi) is 6.52. The Morgan fingerprint density at radius 1 is 1.28 bits per heavy atom. The Balaban J connectivity index is 1.67. The van der Waals surface area contributed by atoms with E-state index in [1.807, 2.05) is 10.7 Å². The van der Waals surface area contributed by atoms with E-state index in [2.05, 4.69) is 15.5 Å². The third-order valence-electron chi connectivity index (χ3n) is 4.20. The van der Waals surface area contributed by atoms with Gasteiger partial charge in [0.05, 0.1) is 18.0 Å². The summed E-state index contributed by atoms with van der Waals surface area (Å²) in [4.78, 5) is 0.443. The van der Waals surface area contributed by atoms with Crippen molar-refractivity contribution in [2.24, 2.45) is 0 Å². The summed E-state index contributed by atoms with van der Waals surface area (Å²) in [5.41, 5.74) is 0.985. The SMILES string of the molecule is COc1cc(CSc2nnnn2C2CCCCC2)ccc1SC(F)F. The van der Waals surface area contributed by atoms with Crippen molar-refractivity contribution < 1.29 is 13.5 Å². The summed E-state index contributed by atoms with van der Waals surface area (Å²) < 4.78 is 32.3. The molecule has 1 aliphatic rings. The molecule has 0 spiro atoms. The van der Waals surface area contributed by atoms with Crippen molar-refractivity contribution in [1.29, 1.82) is 0 Å². The van der Waals surface area contributed by atoms with Crippen LogP contribution in [0.4, 0.5) is 8.78 Å². The molecule has 9 heteroatoms. The minimum Gasteiger partial charge on any atom is -0.496 e. The number of hydrogen-bond acceptors (Lipinski definition) is 6. The van der Waals surface area contributed by atoms with Gasteiger partial charge in [0.2, 0.25) is 5.16 Å². The van der Waals surface area contributed by atoms with E-state index in [1.165, 1.54) is 26.4 Å². The van der Waals surface area contributed by atoms with Gasteiger partial charge >= 0.3 is 0 Å². The van der Waals surface area contributed by atoms with Gasteiger partial charge in [0.15, 0.2) is 0 Å². The van der Waals surface area contributed by atoms with Gasteiger partial charge in [0, 0.05) is 5.75 Å². The second-order valence-corrected chi connectivity index (χ2v) is 7.82. The standard InChI is InChI=1S/C16H20F2N4OS2/c1-23-13-9-11(7-8-14(13)25-15(17)18)10-24-16-19-20-21-22(16)12-5-3-2-4-6-12/h7-9,12,15H,2-6,10H2,1H3. The molecule has 3 rings (SSSR count). The number of benzene rings is 1. The van der Waals surface area contributed by atoms with Crippen LogP contribution < -0.4 is 4.74 Å². The first-order valence-corrected chi connectivity index (χ1v) is 10.1. The van der Waals surface area contributed by atoms with E-state index in [0.717, 1.165) is 23.6 Å². The Morgan fingerprint density at radius 3 is 2.80 bits per heavy atom. The Labute approximate surface area is 153 Å². The van der Waals surface area contributed by atoms with E-state index in [1.54, 1.807) is 23.9 Å². The highest BCUT2D eigenvalue weighted by atomic mass is 32.2. The van der Waals surface area contributed by atoms with Crippen LogP contribution in [0.3, 0.4) is 0 Å². The van der Waals surface area contributed by atoms with Gasteiger partial charge in [-0.15, -0.1) is 5.10 Å². The van der Waals surface area contributed by atoms with Crippen LogP contribution in [0.1, 0.15) is 43.7 Å². The number of hydrogen-bond donors (Lipinski definition) is 0. The third-order valence-corrected chi connectivity index (χ3v) is 5.97. The lowest BCUT2D eigenvalue weighted by Crippen LogP contribution is -2.15. The maximum atomic E-state index is 12.6. The fourth-order valence-corrected chi connectivity index (χ4v) is 4.46. The molecule has 1 fully saturated rings. The molecule has 0 bridgehead atoms. The van der Waals surface area contributed by atoms with Crippen LogP contribution in [0.25, 0.3) is 0 Å². The number of tetrazole rings is 1. The van der Waals surface area contributed by atoms with Gasteiger partial charge in [-0.3, -0.25) is 0 Å². The van der Waals surface area contributed by atoms with Crippen molar-refractivity contribution in [2.75, 3.05) is 7.11 Å². The van der Waals surface area contributed by atoms with E-state index in [0.29, 0.717) is 34.2 Å². The largest absolute Gasteiger partial charge is 0.496 e. The van der Waals surface area contributed by atoms with Crippen LogP contribution in [0, 0.1) is 0 Å². The van der Waals surface area contributed by atoms with Crippen molar-refractivity contribution in [3.63, 3.8) is 0 Å². The lowest BCUT2D eigenvalue weighted by molar-refractivity contribution is 0.251. The van der Waals surface area contributed by atoms with E-state index in [-0.39, 0.29) is 0 Å². The maximum absolute atomic E-state index is 12.6. The van der Waals surface area contributed by atoms with Crippen LogP contribution >= 0.6 is 23.5 Å². The molecular weight excluding hydrogens is 366 g/mol. The third kappa shape index (κ3) is 4.84. The molecule has 2 aromatic rings. The highest BCUT2D eigenvalue weighted by Gasteiger charge is 2.20. The van der Waals surface area contributed by atoms with Crippen molar-refractivity contribution in [1.82, 2.24) is 20.2 Å². The molecule has 0 unspecified atom stereocenters. The van der Waals surface area contributed by atoms with Gasteiger partial charge in [0.25, 0.3) is 5.76 Å². The second kappa shape index (κ2) is 8.84. The molecule has 0 N–H and O–H groups in total. The number of ether oxygens (including phenoxy) is 1. The van der Waals surface area contributed by atoms with Gasteiger partial charge in [-0.2, -0.15) is 8.78 Å². The number of alkyl halides is 2. The zero-order valence-electron chi connectivity index (χ0n) is 13.9. The number of rotatable bonds is 7. The van der Waals surface area contributed by atoms with Crippen molar-refractivity contribution in [2.45, 2.75) is 59.7 Å². The molecule has 0 aliphatic heterocycles. The monoisotopic (exact) mass is 386 g/mol. The summed E-state index contributed by atoms with van der Waals surface area (Å²) in [6.07, 6.45) is 5.95. The van der Waals surface area contributed by atoms with Crippen LogP contribution in [0.5, 0.6) is 5.75 Å².